The fourth-order valence-electron chi connectivity index (χ4n) is 0. The van der Waals surface area contributed by atoms with Gasteiger partial charge < -0.3 is 16.7 Å². The number of hydrogen-bond acceptors (Lipinski definition) is 1. The van der Waals surface area contributed by atoms with Gasteiger partial charge in [-0.05, 0) is 0 Å². The molecule has 1 nitrogen and oxygen atoms in total. The van der Waals surface area contributed by atoms with Crippen LogP contribution in [0.1, 0.15) is 0 Å². The van der Waals surface area contributed by atoms with Gasteiger partial charge in [0.25, 0.3) is 0 Å². The Morgan fingerprint density at radius 1 is 1.00 bits per heavy atom. The predicted molar refractivity (Wildman–Crippen MR) is 21.2 cm³/mol. The van der Waals surface area contributed by atoms with E-state index in [4.69, 9.17) is 0 Å². The van der Waals surface area contributed by atoms with E-state index >= 15 is 0 Å². The van der Waals surface area contributed by atoms with Gasteiger partial charge in [0, 0.05) is 0 Å². The molecule has 0 atom stereocenters. The summed E-state index contributed by atoms with van der Waals surface area (Å²) in [5.41, 5.74) is 0. The number of rotatable bonds is 0. The van der Waals surface area contributed by atoms with Gasteiger partial charge in [0.2, 0.25) is 0 Å². The van der Waals surface area contributed by atoms with E-state index in [2.05, 4.69) is 0 Å². The van der Waals surface area contributed by atoms with Crippen molar-refractivity contribution >= 4 is 66.9 Å². The third kappa shape index (κ3) is 38.9. The van der Waals surface area contributed by atoms with Gasteiger partial charge in [0.15, 0.2) is 0 Å². The number of halogens is 3. The van der Waals surface area contributed by atoms with Crippen LogP contribution in [-0.2, 0) is 0 Å². The van der Waals surface area contributed by atoms with E-state index < -0.39 is 15.5 Å². The zero-order valence-corrected chi connectivity index (χ0v) is 3.57. The minimum atomic E-state index is -4.64. The van der Waals surface area contributed by atoms with Gasteiger partial charge >= 0.3 is 66.9 Å². The van der Waals surface area contributed by atoms with Crippen LogP contribution in [0.5, 0.6) is 0 Å². The van der Waals surface area contributed by atoms with Crippen molar-refractivity contribution in [2.45, 2.75) is 0 Å². The fraction of sp³-hybridized carbons (Fsp3) is 0. The second-order valence-electron chi connectivity index (χ2n) is 0.247. The monoisotopic (exact) mass is 141 g/mol. The first-order valence-electron chi connectivity index (χ1n) is 0.655. The Labute approximate surface area is 82.1 Å². The summed E-state index contributed by atoms with van der Waals surface area (Å²) >= 11 is -4.64. The second kappa shape index (κ2) is 10.0. The molecule has 6 heteroatoms. The van der Waals surface area contributed by atoms with Crippen molar-refractivity contribution in [1.82, 2.24) is 6.15 Å². The summed E-state index contributed by atoms with van der Waals surface area (Å²) in [6.07, 6.45) is 0. The zero-order valence-electron chi connectivity index (χ0n) is 2.42. The van der Waals surface area contributed by atoms with Crippen molar-refractivity contribution in [2.24, 2.45) is 0 Å². The molecular weight excluding hydrogens is 137 g/mol. The molecule has 3 N–H and O–H groups in total. The summed E-state index contributed by atoms with van der Waals surface area (Å²) in [7, 11) is 0. The van der Waals surface area contributed by atoms with Gasteiger partial charge in [-0.3, -0.25) is 0 Å². The van der Waals surface area contributed by atoms with Crippen LogP contribution in [0, 0.1) is 0 Å². The van der Waals surface area contributed by atoms with E-state index in [1.807, 2.05) is 0 Å². The van der Waals surface area contributed by atoms with Crippen LogP contribution in [-0.4, -0.2) is 66.9 Å². The standard InChI is InChI=1S/Al.3FH.K.H3N.H/h;3*1H;;1H3;/q+3;;;;;;/p-3. The molecule has 0 rings (SSSR count). The molecule has 34 valence electrons. The molecule has 0 fully saturated rings. The fourth-order valence-corrected chi connectivity index (χ4v) is 0. The van der Waals surface area contributed by atoms with Gasteiger partial charge in [0.1, 0.15) is 0 Å². The second-order valence-corrected chi connectivity index (χ2v) is 0.742. The predicted octanol–water partition coefficient (Wildman–Crippen LogP) is 0.393. The molecule has 0 amide bonds. The molecule has 0 unspecified atom stereocenters. The molecule has 0 aliphatic carbocycles. The molecular formula is H4AlF3KN. The van der Waals surface area contributed by atoms with Crippen LogP contribution in [0.25, 0.3) is 0 Å². The molecule has 0 spiro atoms. The SMILES string of the molecule is N.[F][Al]([F])[F].[KH]. The third-order valence-electron chi connectivity index (χ3n) is 0. The first-order valence-corrected chi connectivity index (χ1v) is 1.96. The van der Waals surface area contributed by atoms with Crippen LogP contribution in [0.2, 0.25) is 0 Å². The summed E-state index contributed by atoms with van der Waals surface area (Å²) < 4.78 is 29.4. The Bertz CT molecular complexity index is 15.5. The van der Waals surface area contributed by atoms with E-state index in [0.717, 1.165) is 0 Å². The van der Waals surface area contributed by atoms with Crippen molar-refractivity contribution < 1.29 is 10.6 Å². The molecule has 0 aromatic rings. The molecule has 0 aliphatic rings. The summed E-state index contributed by atoms with van der Waals surface area (Å²) in [6.45, 7) is 0. The Kier molecular flexibility index (Phi) is 26.2. The van der Waals surface area contributed by atoms with Crippen molar-refractivity contribution in [3.63, 3.8) is 0 Å². The van der Waals surface area contributed by atoms with Crippen molar-refractivity contribution in [2.75, 3.05) is 0 Å². The molecule has 0 aromatic heterocycles. The van der Waals surface area contributed by atoms with Gasteiger partial charge in [-0.2, -0.15) is 0 Å². The van der Waals surface area contributed by atoms with Crippen molar-refractivity contribution in [1.29, 1.82) is 0 Å². The van der Waals surface area contributed by atoms with Crippen LogP contribution in [0.3, 0.4) is 0 Å². The Balaban J connectivity index is -0.0000000450. The molecule has 0 aromatic carbocycles. The van der Waals surface area contributed by atoms with E-state index in [-0.39, 0.29) is 57.5 Å². The Hall–Kier alpha value is 1.92. The minimum absolute atomic E-state index is 0. The molecule has 0 saturated heterocycles. The molecule has 0 saturated carbocycles. The van der Waals surface area contributed by atoms with Gasteiger partial charge in [0.05, 0.1) is 0 Å². The van der Waals surface area contributed by atoms with E-state index in [0.29, 0.717) is 0 Å². The normalized spacial score (nSPS) is 4.50. The first kappa shape index (κ1) is 15.7. The topological polar surface area (TPSA) is 35.0 Å². The number of hydrogen-bond donors (Lipinski definition) is 1. The van der Waals surface area contributed by atoms with E-state index in [1.165, 1.54) is 0 Å². The van der Waals surface area contributed by atoms with Crippen molar-refractivity contribution in [3.8, 4) is 0 Å². The molecule has 6 heavy (non-hydrogen) atoms. The van der Waals surface area contributed by atoms with Crippen molar-refractivity contribution in [3.05, 3.63) is 0 Å². The van der Waals surface area contributed by atoms with Crippen LogP contribution in [0.4, 0.5) is 10.6 Å². The van der Waals surface area contributed by atoms with Gasteiger partial charge in [-0.1, -0.05) is 0 Å². The van der Waals surface area contributed by atoms with Crippen LogP contribution >= 0.6 is 0 Å². The average Bonchev–Trinajstić information content (AvgIpc) is 0.811. The Morgan fingerprint density at radius 3 is 1.00 bits per heavy atom. The summed E-state index contributed by atoms with van der Waals surface area (Å²) in [5, 5.41) is 0. The summed E-state index contributed by atoms with van der Waals surface area (Å²) in [4.78, 5) is 0. The molecule has 0 bridgehead atoms. The van der Waals surface area contributed by atoms with Crippen LogP contribution < -0.4 is 6.15 Å². The maximum absolute atomic E-state index is 9.81. The zero-order chi connectivity index (χ0) is 3.58. The van der Waals surface area contributed by atoms with E-state index in [9.17, 15) is 10.6 Å². The van der Waals surface area contributed by atoms with Gasteiger partial charge in [-0.15, -0.1) is 0 Å². The molecule has 0 radical (unpaired) electrons. The average molecular weight is 141 g/mol. The quantitative estimate of drug-likeness (QED) is 0.487. The first-order chi connectivity index (χ1) is 1.73. The third-order valence-corrected chi connectivity index (χ3v) is 0. The Morgan fingerprint density at radius 2 is 1.00 bits per heavy atom. The maximum atomic E-state index is 9.81. The van der Waals surface area contributed by atoms with Crippen LogP contribution in [0.15, 0.2) is 0 Å². The van der Waals surface area contributed by atoms with Gasteiger partial charge in [-0.25, -0.2) is 0 Å². The summed E-state index contributed by atoms with van der Waals surface area (Å²) in [6, 6.07) is 0. The molecule has 0 aliphatic heterocycles. The summed E-state index contributed by atoms with van der Waals surface area (Å²) in [5.74, 6) is 0. The van der Waals surface area contributed by atoms with E-state index in [1.54, 1.807) is 0 Å². The molecule has 0 heterocycles.